The molecule has 1 aliphatic rings. The molecule has 1 saturated heterocycles. The Bertz CT molecular complexity index is 2490. The van der Waals surface area contributed by atoms with E-state index in [0.717, 1.165) is 22.7 Å². The lowest BCUT2D eigenvalue weighted by molar-refractivity contribution is -0.137. The van der Waals surface area contributed by atoms with Gasteiger partial charge in [0.05, 0.1) is 33.2 Å². The van der Waals surface area contributed by atoms with Gasteiger partial charge in [0.2, 0.25) is 11.7 Å². The number of benzene rings is 2. The van der Waals surface area contributed by atoms with Gasteiger partial charge in [-0.3, -0.25) is 14.4 Å². The first-order valence-corrected chi connectivity index (χ1v) is 16.7. The second kappa shape index (κ2) is 13.5. The Morgan fingerprint density at radius 1 is 1.06 bits per heavy atom. The molecule has 4 aromatic heterocycles. The van der Waals surface area contributed by atoms with Crippen LogP contribution in [-0.2, 0) is 23.9 Å². The van der Waals surface area contributed by atoms with Gasteiger partial charge in [-0.15, -0.1) is 5.10 Å². The van der Waals surface area contributed by atoms with Gasteiger partial charge in [0.15, 0.2) is 28.7 Å². The van der Waals surface area contributed by atoms with E-state index in [-0.39, 0.29) is 77.7 Å². The van der Waals surface area contributed by atoms with Crippen LogP contribution in [0.25, 0.3) is 28.3 Å². The number of hydrogen-bond donors (Lipinski definition) is 2. The molecule has 1 aliphatic heterocycles. The lowest BCUT2D eigenvalue weighted by atomic mass is 10.2. The molecule has 0 atom stereocenters. The Balaban J connectivity index is 1.28. The monoisotopic (exact) mass is 750 g/mol. The number of alkyl halides is 3. The van der Waals surface area contributed by atoms with E-state index in [1.54, 1.807) is 43.9 Å². The number of amides is 2. The van der Waals surface area contributed by atoms with E-state index in [4.69, 9.17) is 16.0 Å². The maximum Gasteiger partial charge on any atom is 0.416 e. The van der Waals surface area contributed by atoms with Gasteiger partial charge in [-0.2, -0.15) is 22.7 Å². The molecule has 0 spiro atoms. The second-order valence-electron chi connectivity index (χ2n) is 12.3. The summed E-state index contributed by atoms with van der Waals surface area (Å²) in [7, 11) is 0. The molecule has 0 aliphatic carbocycles. The number of para-hydroxylation sites is 1. The van der Waals surface area contributed by atoms with Gasteiger partial charge in [0, 0.05) is 33.1 Å². The Hall–Kier alpha value is -6.04. The van der Waals surface area contributed by atoms with Crippen LogP contribution in [0.5, 0.6) is 5.75 Å². The molecular weight excluding hydrogens is 721 g/mol. The summed E-state index contributed by atoms with van der Waals surface area (Å²) in [6.07, 6.45) is -3.18. The van der Waals surface area contributed by atoms with E-state index in [2.05, 4.69) is 30.4 Å². The topological polar surface area (TPSA) is 177 Å². The Kier molecular flexibility index (Phi) is 9.01. The van der Waals surface area contributed by atoms with E-state index in [9.17, 15) is 32.7 Å². The van der Waals surface area contributed by atoms with Crippen molar-refractivity contribution in [2.75, 3.05) is 36.4 Å². The number of piperazine rings is 1. The van der Waals surface area contributed by atoms with Crippen LogP contribution in [0.3, 0.4) is 0 Å². The van der Waals surface area contributed by atoms with E-state index in [1.807, 2.05) is 0 Å². The fraction of sp³-hybridized carbons (Fsp3) is 0.294. The van der Waals surface area contributed by atoms with Crippen molar-refractivity contribution in [3.63, 3.8) is 0 Å². The Morgan fingerprint density at radius 3 is 2.51 bits per heavy atom. The van der Waals surface area contributed by atoms with Crippen molar-refractivity contribution in [1.29, 1.82) is 0 Å². The average Bonchev–Trinajstić information content (AvgIpc) is 3.74. The van der Waals surface area contributed by atoms with Gasteiger partial charge in [-0.25, -0.2) is 15.0 Å². The third kappa shape index (κ3) is 6.49. The van der Waals surface area contributed by atoms with Crippen LogP contribution in [0.2, 0.25) is 5.02 Å². The van der Waals surface area contributed by atoms with E-state index in [1.165, 1.54) is 15.8 Å². The molecule has 5 heterocycles. The number of anilines is 2. The van der Waals surface area contributed by atoms with Crippen molar-refractivity contribution in [2.45, 2.75) is 39.9 Å². The summed E-state index contributed by atoms with van der Waals surface area (Å²) in [4.78, 5) is 61.4. The first-order chi connectivity index (χ1) is 25.2. The lowest BCUT2D eigenvalue weighted by Gasteiger charge is -2.36. The number of aromatic nitrogens is 7. The van der Waals surface area contributed by atoms with Gasteiger partial charge < -0.3 is 29.2 Å². The predicted octanol–water partition coefficient (Wildman–Crippen LogP) is 4.65. The number of oxazole rings is 1. The number of aryl methyl sites for hydroxylation is 2. The number of aromatic hydroxyl groups is 1. The fourth-order valence-electron chi connectivity index (χ4n) is 6.31. The van der Waals surface area contributed by atoms with Crippen LogP contribution in [0.15, 0.2) is 51.9 Å². The Morgan fingerprint density at radius 2 is 1.81 bits per heavy atom. The lowest BCUT2D eigenvalue weighted by Crippen LogP contribution is -2.51. The largest absolute Gasteiger partial charge is 0.504 e. The number of carbonyl (C=O) groups is 2. The first kappa shape index (κ1) is 35.4. The predicted molar refractivity (Wildman–Crippen MR) is 186 cm³/mol. The van der Waals surface area contributed by atoms with Gasteiger partial charge in [0.25, 0.3) is 11.5 Å². The minimum absolute atomic E-state index is 0.0240. The van der Waals surface area contributed by atoms with E-state index in [0.29, 0.717) is 28.2 Å². The van der Waals surface area contributed by atoms with Crippen molar-refractivity contribution in [1.82, 2.24) is 39.0 Å². The summed E-state index contributed by atoms with van der Waals surface area (Å²) in [5.41, 5.74) is 0.637. The number of rotatable bonds is 7. The molecule has 53 heavy (non-hydrogen) atoms. The molecule has 0 unspecified atom stereocenters. The highest BCUT2D eigenvalue weighted by Gasteiger charge is 2.32. The average molecular weight is 751 g/mol. The number of nitrogens with zero attached hydrogens (tertiary/aromatic N) is 9. The van der Waals surface area contributed by atoms with Crippen molar-refractivity contribution < 1.29 is 32.3 Å². The molecule has 1 fully saturated rings. The molecule has 6 aromatic rings. The maximum absolute atomic E-state index is 14.4. The summed E-state index contributed by atoms with van der Waals surface area (Å²) in [5.74, 6) is -0.907. The SMILES string of the molecule is CCc1c(N2CCN(C(=O)c3ncnc(C)c3O)CC2)c(=O)n2nc(-c3cccc4nc(C)oc34)nc2n1CC(=O)Nc1ccc(C(F)(F)F)cc1Cl. The summed E-state index contributed by atoms with van der Waals surface area (Å²) in [6, 6.07) is 7.80. The van der Waals surface area contributed by atoms with Crippen LogP contribution >= 0.6 is 11.6 Å². The smallest absolute Gasteiger partial charge is 0.416 e. The first-order valence-electron chi connectivity index (χ1n) is 16.4. The second-order valence-corrected chi connectivity index (χ2v) is 12.7. The molecule has 0 saturated carbocycles. The zero-order chi connectivity index (χ0) is 37.8. The van der Waals surface area contributed by atoms with Crippen molar-refractivity contribution in [2.24, 2.45) is 0 Å². The minimum Gasteiger partial charge on any atom is -0.504 e. The third-order valence-electron chi connectivity index (χ3n) is 8.89. The van der Waals surface area contributed by atoms with Gasteiger partial charge in [-0.05, 0) is 43.7 Å². The highest BCUT2D eigenvalue weighted by Crippen LogP contribution is 2.34. The highest BCUT2D eigenvalue weighted by molar-refractivity contribution is 6.33. The summed E-state index contributed by atoms with van der Waals surface area (Å²) < 4.78 is 48.2. The van der Waals surface area contributed by atoms with Crippen molar-refractivity contribution in [3.05, 3.63) is 86.6 Å². The molecule has 2 N–H and O–H groups in total. The van der Waals surface area contributed by atoms with Gasteiger partial charge in [0.1, 0.15) is 24.1 Å². The molecule has 0 bridgehead atoms. The van der Waals surface area contributed by atoms with Gasteiger partial charge in [-0.1, -0.05) is 24.6 Å². The van der Waals surface area contributed by atoms with E-state index < -0.39 is 35.7 Å². The Labute approximate surface area is 302 Å². The molecule has 274 valence electrons. The van der Waals surface area contributed by atoms with Crippen molar-refractivity contribution >= 4 is 51.7 Å². The molecule has 7 rings (SSSR count). The van der Waals surface area contributed by atoms with Crippen LogP contribution in [0.1, 0.15) is 40.3 Å². The molecule has 2 aromatic carbocycles. The van der Waals surface area contributed by atoms with Crippen LogP contribution < -0.4 is 15.8 Å². The maximum atomic E-state index is 14.4. The number of carbonyl (C=O) groups excluding carboxylic acids is 2. The summed E-state index contributed by atoms with van der Waals surface area (Å²) in [5, 5.41) is 17.2. The summed E-state index contributed by atoms with van der Waals surface area (Å²) in [6.45, 7) is 5.37. The zero-order valence-electron chi connectivity index (χ0n) is 28.4. The molecule has 15 nitrogen and oxygen atoms in total. The quantitative estimate of drug-likeness (QED) is 0.232. The van der Waals surface area contributed by atoms with Crippen molar-refractivity contribution in [3.8, 4) is 17.1 Å². The van der Waals surface area contributed by atoms with Crippen LogP contribution in [0, 0.1) is 13.8 Å². The number of fused-ring (bicyclic) bond motifs is 2. The molecule has 2 amide bonds. The van der Waals surface area contributed by atoms with E-state index >= 15 is 0 Å². The molecule has 0 radical (unpaired) electrons. The minimum atomic E-state index is -4.63. The standard InChI is InChI=1S/C34H30ClF3N10O5/c1-4-24-27(45-10-12-46(13-11-45)31(51)26-28(50)17(2)39-16-40-26)32(52)48-33(43-30(44-48)20-6-5-7-23-29(20)53-18(3)41-23)47(24)15-25(49)42-22-9-8-19(14-21(22)35)34(36,37)38/h5-9,14,16,50H,4,10-13,15H2,1-3H3,(H,42,49). The fourth-order valence-corrected chi connectivity index (χ4v) is 6.54. The molecular formula is C34H30ClF3N10O5. The number of nitrogens with one attached hydrogen (secondary N) is 1. The van der Waals surface area contributed by atoms with Gasteiger partial charge >= 0.3 is 6.18 Å². The third-order valence-corrected chi connectivity index (χ3v) is 9.20. The normalized spacial score (nSPS) is 13.6. The zero-order valence-corrected chi connectivity index (χ0v) is 29.2. The number of halogens is 4. The van der Waals surface area contributed by atoms with Crippen LogP contribution in [-0.4, -0.2) is 82.1 Å². The van der Waals surface area contributed by atoms with Crippen LogP contribution in [0.4, 0.5) is 24.5 Å². The summed E-state index contributed by atoms with van der Waals surface area (Å²) >= 11 is 6.13. The number of hydrogen-bond acceptors (Lipinski definition) is 11. The highest BCUT2D eigenvalue weighted by atomic mass is 35.5. The molecule has 19 heteroatoms.